The van der Waals surface area contributed by atoms with Crippen molar-refractivity contribution in [2.75, 3.05) is 19.7 Å². The van der Waals surface area contributed by atoms with Crippen molar-refractivity contribution in [2.24, 2.45) is 0 Å². The molecule has 1 amide bonds. The fraction of sp³-hybridized carbons (Fsp3) is 0.692. The van der Waals surface area contributed by atoms with Gasteiger partial charge >= 0.3 is 0 Å². The van der Waals surface area contributed by atoms with Gasteiger partial charge < -0.3 is 15.1 Å². The number of aromatic nitrogens is 2. The van der Waals surface area contributed by atoms with E-state index in [0.29, 0.717) is 25.1 Å². The maximum Gasteiger partial charge on any atom is 0.274 e. The number of β-amino-alcohol motifs (C(OH)–C–C–N with tert-alkyl or cyclic N) is 1. The molecule has 1 unspecified atom stereocenters. The highest BCUT2D eigenvalue weighted by molar-refractivity contribution is 5.92. The highest BCUT2D eigenvalue weighted by Crippen LogP contribution is 2.22. The van der Waals surface area contributed by atoms with Gasteiger partial charge in [-0.15, -0.1) is 0 Å². The second kappa shape index (κ2) is 5.30. The van der Waals surface area contributed by atoms with Crippen molar-refractivity contribution in [1.82, 2.24) is 14.7 Å². The first kappa shape index (κ1) is 14.0. The summed E-state index contributed by atoms with van der Waals surface area (Å²) in [5.74, 6) is -0.179. The molecule has 0 saturated carbocycles. The molecule has 1 aliphatic heterocycles. The lowest BCUT2D eigenvalue weighted by atomic mass is 9.93. The minimum Gasteiger partial charge on any atom is -0.393 e. The van der Waals surface area contributed by atoms with Crippen molar-refractivity contribution < 1.29 is 15.0 Å². The number of likely N-dealkylation sites (tertiary alicyclic amines) is 1. The van der Waals surface area contributed by atoms with E-state index in [2.05, 4.69) is 5.10 Å². The maximum absolute atomic E-state index is 12.3. The van der Waals surface area contributed by atoms with Gasteiger partial charge in [0.05, 0.1) is 13.2 Å². The van der Waals surface area contributed by atoms with Crippen molar-refractivity contribution in [3.05, 3.63) is 17.5 Å². The van der Waals surface area contributed by atoms with E-state index in [0.717, 1.165) is 12.2 Å². The number of aliphatic hydroxyl groups is 2. The largest absolute Gasteiger partial charge is 0.393 e. The number of hydrogen-bond donors (Lipinski definition) is 2. The van der Waals surface area contributed by atoms with Crippen LogP contribution in [0, 0.1) is 6.92 Å². The summed E-state index contributed by atoms with van der Waals surface area (Å²) in [6.07, 6.45) is 1.21. The number of rotatable bonds is 3. The number of piperidine rings is 1. The first-order chi connectivity index (χ1) is 8.99. The van der Waals surface area contributed by atoms with Crippen molar-refractivity contribution in [3.63, 3.8) is 0 Å². The molecule has 19 heavy (non-hydrogen) atoms. The fourth-order valence-corrected chi connectivity index (χ4v) is 2.51. The first-order valence-electron chi connectivity index (χ1n) is 6.66. The van der Waals surface area contributed by atoms with Crippen LogP contribution in [0.4, 0.5) is 0 Å². The Morgan fingerprint density at radius 3 is 2.89 bits per heavy atom. The van der Waals surface area contributed by atoms with Crippen LogP contribution >= 0.6 is 0 Å². The molecule has 2 heterocycles. The van der Waals surface area contributed by atoms with Crippen LogP contribution in [-0.2, 0) is 6.54 Å². The molecule has 1 aliphatic rings. The molecule has 1 aromatic rings. The molecule has 0 radical (unpaired) electrons. The van der Waals surface area contributed by atoms with Crippen LogP contribution in [0.25, 0.3) is 0 Å². The first-order valence-corrected chi connectivity index (χ1v) is 6.66. The highest BCUT2D eigenvalue weighted by Gasteiger charge is 2.35. The van der Waals surface area contributed by atoms with Gasteiger partial charge in [0.2, 0.25) is 0 Å². The van der Waals surface area contributed by atoms with E-state index >= 15 is 0 Å². The molecular weight excluding hydrogens is 246 g/mol. The predicted molar refractivity (Wildman–Crippen MR) is 69.8 cm³/mol. The average Bonchev–Trinajstić information content (AvgIpc) is 2.79. The Bertz CT molecular complexity index is 472. The molecule has 0 aromatic carbocycles. The summed E-state index contributed by atoms with van der Waals surface area (Å²) in [6, 6.07) is 1.76. The SMILES string of the molecule is CCn1nc(C(=O)N2CCCC(O)(CO)C2)cc1C. The Labute approximate surface area is 112 Å². The molecule has 2 rings (SSSR count). The normalized spacial score (nSPS) is 23.7. The van der Waals surface area contributed by atoms with Crippen LogP contribution in [0.5, 0.6) is 0 Å². The molecule has 0 aliphatic carbocycles. The summed E-state index contributed by atoms with van der Waals surface area (Å²) in [5.41, 5.74) is 0.179. The minimum atomic E-state index is -1.17. The van der Waals surface area contributed by atoms with Gasteiger partial charge in [0, 0.05) is 18.8 Å². The number of aryl methyl sites for hydroxylation is 2. The molecule has 6 nitrogen and oxygen atoms in total. The number of nitrogens with zero attached hydrogens (tertiary/aromatic N) is 3. The molecule has 0 spiro atoms. The Morgan fingerprint density at radius 1 is 1.58 bits per heavy atom. The predicted octanol–water partition coefficient (Wildman–Crippen LogP) is 0.171. The Hall–Kier alpha value is -1.40. The van der Waals surface area contributed by atoms with Crippen LogP contribution < -0.4 is 0 Å². The van der Waals surface area contributed by atoms with E-state index in [-0.39, 0.29) is 19.1 Å². The molecule has 106 valence electrons. The van der Waals surface area contributed by atoms with E-state index in [1.165, 1.54) is 0 Å². The second-order valence-corrected chi connectivity index (χ2v) is 5.20. The van der Waals surface area contributed by atoms with E-state index in [4.69, 9.17) is 0 Å². The van der Waals surface area contributed by atoms with Crippen molar-refractivity contribution in [3.8, 4) is 0 Å². The number of carbonyl (C=O) groups is 1. The van der Waals surface area contributed by atoms with Gasteiger partial charge in [0.25, 0.3) is 5.91 Å². The van der Waals surface area contributed by atoms with Gasteiger partial charge in [0.1, 0.15) is 5.60 Å². The van der Waals surface area contributed by atoms with E-state index in [1.54, 1.807) is 15.6 Å². The Kier molecular flexibility index (Phi) is 3.91. The van der Waals surface area contributed by atoms with Gasteiger partial charge in [-0.3, -0.25) is 9.48 Å². The minimum absolute atomic E-state index is 0.167. The van der Waals surface area contributed by atoms with Crippen LogP contribution in [0.1, 0.15) is 35.9 Å². The fourth-order valence-electron chi connectivity index (χ4n) is 2.51. The van der Waals surface area contributed by atoms with E-state index in [1.807, 2.05) is 13.8 Å². The van der Waals surface area contributed by atoms with Gasteiger partial charge in [-0.2, -0.15) is 5.10 Å². The third-order valence-corrected chi connectivity index (χ3v) is 3.64. The molecule has 1 fully saturated rings. The van der Waals surface area contributed by atoms with Gasteiger partial charge in [0.15, 0.2) is 5.69 Å². The number of aliphatic hydroxyl groups excluding tert-OH is 1. The van der Waals surface area contributed by atoms with Gasteiger partial charge in [-0.1, -0.05) is 0 Å². The molecule has 2 N–H and O–H groups in total. The molecule has 6 heteroatoms. The lowest BCUT2D eigenvalue weighted by Crippen LogP contribution is -2.52. The molecule has 1 atom stereocenters. The number of hydrogen-bond acceptors (Lipinski definition) is 4. The lowest BCUT2D eigenvalue weighted by molar-refractivity contribution is -0.0599. The summed E-state index contributed by atoms with van der Waals surface area (Å²) in [4.78, 5) is 13.9. The number of carbonyl (C=O) groups excluding carboxylic acids is 1. The second-order valence-electron chi connectivity index (χ2n) is 5.20. The van der Waals surface area contributed by atoms with Crippen LogP contribution in [0.2, 0.25) is 0 Å². The van der Waals surface area contributed by atoms with Crippen molar-refractivity contribution in [1.29, 1.82) is 0 Å². The summed E-state index contributed by atoms with van der Waals surface area (Å²) in [7, 11) is 0. The lowest BCUT2D eigenvalue weighted by Gasteiger charge is -2.37. The van der Waals surface area contributed by atoms with Crippen molar-refractivity contribution >= 4 is 5.91 Å². The summed E-state index contributed by atoms with van der Waals surface area (Å²) < 4.78 is 1.77. The van der Waals surface area contributed by atoms with Gasteiger partial charge in [-0.05, 0) is 32.8 Å². The molecular formula is C13H21N3O3. The maximum atomic E-state index is 12.3. The summed E-state index contributed by atoms with van der Waals surface area (Å²) >= 11 is 0. The molecule has 1 saturated heterocycles. The smallest absolute Gasteiger partial charge is 0.274 e. The quantitative estimate of drug-likeness (QED) is 0.818. The van der Waals surface area contributed by atoms with Gasteiger partial charge in [-0.25, -0.2) is 0 Å². The van der Waals surface area contributed by atoms with Crippen LogP contribution in [-0.4, -0.2) is 56.1 Å². The van der Waals surface area contributed by atoms with Crippen LogP contribution in [0.3, 0.4) is 0 Å². The Morgan fingerprint density at radius 2 is 2.32 bits per heavy atom. The Balaban J connectivity index is 2.14. The highest BCUT2D eigenvalue weighted by atomic mass is 16.3. The third-order valence-electron chi connectivity index (χ3n) is 3.64. The van der Waals surface area contributed by atoms with E-state index < -0.39 is 5.60 Å². The zero-order chi connectivity index (χ0) is 14.0. The zero-order valence-corrected chi connectivity index (χ0v) is 11.5. The number of amides is 1. The average molecular weight is 267 g/mol. The summed E-state index contributed by atoms with van der Waals surface area (Å²) in [6.45, 7) is 5.05. The summed E-state index contributed by atoms with van der Waals surface area (Å²) in [5, 5.41) is 23.5. The topological polar surface area (TPSA) is 78.6 Å². The van der Waals surface area contributed by atoms with Crippen LogP contribution in [0.15, 0.2) is 6.07 Å². The zero-order valence-electron chi connectivity index (χ0n) is 11.5. The molecule has 1 aromatic heterocycles. The third kappa shape index (κ3) is 2.79. The van der Waals surface area contributed by atoms with Crippen molar-refractivity contribution in [2.45, 2.75) is 38.8 Å². The monoisotopic (exact) mass is 267 g/mol. The molecule has 0 bridgehead atoms. The standard InChI is InChI=1S/C13H21N3O3/c1-3-16-10(2)7-11(14-16)12(18)15-6-4-5-13(19,8-15)9-17/h7,17,19H,3-6,8-9H2,1-2H3. The van der Waals surface area contributed by atoms with E-state index in [9.17, 15) is 15.0 Å².